The third kappa shape index (κ3) is 2.93. The number of hydrogen-bond donors (Lipinski definition) is 2. The van der Waals surface area contributed by atoms with Crippen LogP contribution in [0.5, 0.6) is 0 Å². The van der Waals surface area contributed by atoms with Crippen LogP contribution >= 0.6 is 0 Å². The molecule has 92 valence electrons. The van der Waals surface area contributed by atoms with Crippen molar-refractivity contribution in [3.05, 3.63) is 0 Å². The predicted octanol–water partition coefficient (Wildman–Crippen LogP) is -0.938. The van der Waals surface area contributed by atoms with Crippen molar-refractivity contribution in [2.45, 2.75) is 24.9 Å². The van der Waals surface area contributed by atoms with Crippen molar-refractivity contribution < 1.29 is 24.2 Å². The number of piperidine rings is 1. The van der Waals surface area contributed by atoms with E-state index >= 15 is 0 Å². The highest BCUT2D eigenvalue weighted by molar-refractivity contribution is 5.80. The molecule has 0 amide bonds. The highest BCUT2D eigenvalue weighted by Crippen LogP contribution is 2.21. The number of aliphatic hydroxyl groups is 1. The second kappa shape index (κ2) is 5.81. The van der Waals surface area contributed by atoms with E-state index in [0.717, 1.165) is 0 Å². The number of methoxy groups -OCH3 is 2. The molecule has 0 bridgehead atoms. The maximum atomic E-state index is 11.4. The van der Waals surface area contributed by atoms with E-state index in [1.54, 1.807) is 0 Å². The van der Waals surface area contributed by atoms with Gasteiger partial charge in [0.1, 0.15) is 12.1 Å². The van der Waals surface area contributed by atoms with Gasteiger partial charge < -0.3 is 14.6 Å². The van der Waals surface area contributed by atoms with Crippen molar-refractivity contribution in [3.63, 3.8) is 0 Å². The van der Waals surface area contributed by atoms with Crippen molar-refractivity contribution in [3.8, 4) is 0 Å². The fourth-order valence-electron chi connectivity index (χ4n) is 1.90. The lowest BCUT2D eigenvalue weighted by Gasteiger charge is -2.32. The van der Waals surface area contributed by atoms with Crippen LogP contribution in [0.4, 0.5) is 0 Å². The Morgan fingerprint density at radius 3 is 1.94 bits per heavy atom. The molecule has 0 aromatic heterocycles. The lowest BCUT2D eigenvalue weighted by Crippen LogP contribution is -2.53. The Balaban J connectivity index is 2.68. The summed E-state index contributed by atoms with van der Waals surface area (Å²) in [5.41, 5.74) is 0. The molecule has 0 aromatic carbocycles. The Labute approximate surface area is 93.9 Å². The molecule has 1 aliphatic rings. The van der Waals surface area contributed by atoms with Crippen LogP contribution in [0.2, 0.25) is 0 Å². The zero-order valence-corrected chi connectivity index (χ0v) is 9.43. The third-order valence-electron chi connectivity index (χ3n) is 2.77. The molecule has 1 aliphatic heterocycles. The molecule has 6 heteroatoms. The number of ether oxygens (including phenoxy) is 2. The second-order valence-electron chi connectivity index (χ2n) is 3.84. The monoisotopic (exact) mass is 231 g/mol. The summed E-state index contributed by atoms with van der Waals surface area (Å²) >= 11 is 0. The SMILES string of the molecule is COC(=O)C1CC(CO)CC(C(=O)OC)N1. The number of carbonyl (C=O) groups excluding carboxylic acids is 2. The summed E-state index contributed by atoms with van der Waals surface area (Å²) in [5, 5.41) is 12.0. The van der Waals surface area contributed by atoms with Crippen LogP contribution in [0, 0.1) is 5.92 Å². The highest BCUT2D eigenvalue weighted by Gasteiger charge is 2.36. The van der Waals surface area contributed by atoms with Crippen LogP contribution < -0.4 is 5.32 Å². The predicted molar refractivity (Wildman–Crippen MR) is 54.6 cm³/mol. The van der Waals surface area contributed by atoms with Gasteiger partial charge in [-0.15, -0.1) is 0 Å². The smallest absolute Gasteiger partial charge is 0.322 e. The number of esters is 2. The van der Waals surface area contributed by atoms with Crippen LogP contribution in [0.25, 0.3) is 0 Å². The molecule has 0 saturated carbocycles. The molecule has 2 N–H and O–H groups in total. The first-order valence-corrected chi connectivity index (χ1v) is 5.15. The van der Waals surface area contributed by atoms with Gasteiger partial charge in [-0.2, -0.15) is 0 Å². The fourth-order valence-corrected chi connectivity index (χ4v) is 1.90. The van der Waals surface area contributed by atoms with Crippen molar-refractivity contribution in [2.75, 3.05) is 20.8 Å². The van der Waals surface area contributed by atoms with Gasteiger partial charge in [-0.3, -0.25) is 14.9 Å². The normalized spacial score (nSPS) is 29.6. The first-order valence-electron chi connectivity index (χ1n) is 5.15. The molecule has 0 spiro atoms. The summed E-state index contributed by atoms with van der Waals surface area (Å²) in [5.74, 6) is -0.937. The van der Waals surface area contributed by atoms with E-state index in [4.69, 9.17) is 5.11 Å². The molecule has 2 atom stereocenters. The number of carbonyl (C=O) groups is 2. The van der Waals surface area contributed by atoms with Gasteiger partial charge in [-0.05, 0) is 18.8 Å². The summed E-state index contributed by atoms with van der Waals surface area (Å²) < 4.78 is 9.22. The third-order valence-corrected chi connectivity index (χ3v) is 2.77. The minimum Gasteiger partial charge on any atom is -0.468 e. The largest absolute Gasteiger partial charge is 0.468 e. The first-order chi connectivity index (χ1) is 7.62. The maximum Gasteiger partial charge on any atom is 0.322 e. The number of rotatable bonds is 3. The minimum atomic E-state index is -0.556. The number of hydrogen-bond acceptors (Lipinski definition) is 6. The molecule has 0 aliphatic carbocycles. The topological polar surface area (TPSA) is 84.9 Å². The molecule has 1 heterocycles. The quantitative estimate of drug-likeness (QED) is 0.610. The molecule has 0 radical (unpaired) electrons. The molecule has 0 aromatic rings. The van der Waals surface area contributed by atoms with E-state index in [2.05, 4.69) is 14.8 Å². The van der Waals surface area contributed by atoms with Crippen molar-refractivity contribution >= 4 is 11.9 Å². The highest BCUT2D eigenvalue weighted by atomic mass is 16.5. The van der Waals surface area contributed by atoms with E-state index in [0.29, 0.717) is 12.8 Å². The van der Waals surface area contributed by atoms with E-state index in [1.165, 1.54) is 14.2 Å². The van der Waals surface area contributed by atoms with Crippen molar-refractivity contribution in [1.82, 2.24) is 5.32 Å². The van der Waals surface area contributed by atoms with Gasteiger partial charge >= 0.3 is 11.9 Å². The van der Waals surface area contributed by atoms with E-state index in [9.17, 15) is 9.59 Å². The average molecular weight is 231 g/mol. The summed E-state index contributed by atoms with van der Waals surface area (Å²) in [6.07, 6.45) is 0.938. The molecule has 1 rings (SSSR count). The van der Waals surface area contributed by atoms with Crippen LogP contribution in [-0.2, 0) is 19.1 Å². The van der Waals surface area contributed by atoms with Crippen LogP contribution in [0.1, 0.15) is 12.8 Å². The standard InChI is InChI=1S/C10H17NO5/c1-15-9(13)7-3-6(5-12)4-8(11-7)10(14)16-2/h6-8,11-12H,3-5H2,1-2H3. The van der Waals surface area contributed by atoms with Gasteiger partial charge in [-0.1, -0.05) is 0 Å². The minimum absolute atomic E-state index is 0.0529. The summed E-state index contributed by atoms with van der Waals surface area (Å²) in [6, 6.07) is -1.11. The maximum absolute atomic E-state index is 11.4. The van der Waals surface area contributed by atoms with Crippen LogP contribution in [0.15, 0.2) is 0 Å². The van der Waals surface area contributed by atoms with E-state index in [1.807, 2.05) is 0 Å². The molecule has 2 unspecified atom stereocenters. The summed E-state index contributed by atoms with van der Waals surface area (Å²) in [7, 11) is 2.58. The van der Waals surface area contributed by atoms with Crippen LogP contribution in [0.3, 0.4) is 0 Å². The van der Waals surface area contributed by atoms with Gasteiger partial charge in [0.2, 0.25) is 0 Å². The first kappa shape index (κ1) is 12.9. The van der Waals surface area contributed by atoms with Gasteiger partial charge in [-0.25, -0.2) is 0 Å². The van der Waals surface area contributed by atoms with Gasteiger partial charge in [0, 0.05) is 6.61 Å². The molecule has 6 nitrogen and oxygen atoms in total. The summed E-state index contributed by atoms with van der Waals surface area (Å²) in [4.78, 5) is 22.7. The number of aliphatic hydroxyl groups excluding tert-OH is 1. The summed E-state index contributed by atoms with van der Waals surface area (Å²) in [6.45, 7) is -0.0529. The lowest BCUT2D eigenvalue weighted by molar-refractivity contribution is -0.149. The second-order valence-corrected chi connectivity index (χ2v) is 3.84. The Bertz CT molecular complexity index is 244. The van der Waals surface area contributed by atoms with Gasteiger partial charge in [0.15, 0.2) is 0 Å². The Kier molecular flexibility index (Phi) is 4.70. The number of nitrogens with one attached hydrogen (secondary N) is 1. The van der Waals surface area contributed by atoms with Crippen molar-refractivity contribution in [2.24, 2.45) is 5.92 Å². The zero-order chi connectivity index (χ0) is 12.1. The lowest BCUT2D eigenvalue weighted by atomic mass is 9.88. The Morgan fingerprint density at radius 1 is 1.19 bits per heavy atom. The fraction of sp³-hybridized carbons (Fsp3) is 0.800. The average Bonchev–Trinajstić information content (AvgIpc) is 2.35. The van der Waals surface area contributed by atoms with Crippen molar-refractivity contribution in [1.29, 1.82) is 0 Å². The molecule has 1 fully saturated rings. The van der Waals surface area contributed by atoms with Crippen LogP contribution in [-0.4, -0.2) is 50.0 Å². The molecular formula is C10H17NO5. The zero-order valence-electron chi connectivity index (χ0n) is 9.43. The Hall–Kier alpha value is -1.14. The Morgan fingerprint density at radius 2 is 1.62 bits per heavy atom. The van der Waals surface area contributed by atoms with Gasteiger partial charge in [0.05, 0.1) is 14.2 Å². The van der Waals surface area contributed by atoms with Gasteiger partial charge in [0.25, 0.3) is 0 Å². The van der Waals surface area contributed by atoms with E-state index in [-0.39, 0.29) is 12.5 Å². The molecule has 1 saturated heterocycles. The molecular weight excluding hydrogens is 214 g/mol. The molecule has 16 heavy (non-hydrogen) atoms. The van der Waals surface area contributed by atoms with E-state index < -0.39 is 24.0 Å².